The molecule has 0 aliphatic heterocycles. The zero-order valence-electron chi connectivity index (χ0n) is 12.6. The van der Waals surface area contributed by atoms with Crippen molar-refractivity contribution < 1.29 is 26.4 Å². The van der Waals surface area contributed by atoms with Crippen LogP contribution in [0, 0.1) is 0 Å². The molecule has 24 heavy (non-hydrogen) atoms. The van der Waals surface area contributed by atoms with E-state index < -0.39 is 27.9 Å². The Morgan fingerprint density at radius 1 is 1.00 bits per heavy atom. The van der Waals surface area contributed by atoms with Gasteiger partial charge in [0.2, 0.25) is 0 Å². The minimum atomic E-state index is -5.53. The van der Waals surface area contributed by atoms with Gasteiger partial charge in [0, 0.05) is 17.7 Å². The molecule has 2 rings (SSSR count). The van der Waals surface area contributed by atoms with E-state index in [0.717, 1.165) is 6.07 Å². The minimum Gasteiger partial charge on any atom is -0.289 e. The molecule has 0 heterocycles. The number of sulfonamides is 1. The van der Waals surface area contributed by atoms with Crippen molar-refractivity contribution in [2.24, 2.45) is 0 Å². The van der Waals surface area contributed by atoms with Crippen LogP contribution in [0.2, 0.25) is 0 Å². The van der Waals surface area contributed by atoms with Gasteiger partial charge in [-0.05, 0) is 19.1 Å². The summed E-state index contributed by atoms with van der Waals surface area (Å²) in [6, 6.07) is 13.3. The van der Waals surface area contributed by atoms with Crippen LogP contribution in [0.1, 0.15) is 22.8 Å². The second kappa shape index (κ2) is 6.64. The number of rotatable bonds is 5. The van der Waals surface area contributed by atoms with E-state index in [2.05, 4.69) is 0 Å². The standard InChI is InChI=1S/C16H14F3NO3S/c1-2-20(24(22,23)16(17,18)19)14-10-6-9-13(11-14)15(21)12-7-4-3-5-8-12/h3-11H,2H2,1H3. The summed E-state index contributed by atoms with van der Waals surface area (Å²) in [6.07, 6.45) is 0. The zero-order chi connectivity index (χ0) is 18.0. The maximum absolute atomic E-state index is 12.8. The van der Waals surface area contributed by atoms with Crippen molar-refractivity contribution in [2.75, 3.05) is 10.8 Å². The third-order valence-corrected chi connectivity index (χ3v) is 4.94. The van der Waals surface area contributed by atoms with E-state index in [1.807, 2.05) is 0 Å². The summed E-state index contributed by atoms with van der Waals surface area (Å²) in [7, 11) is -5.53. The van der Waals surface area contributed by atoms with Crippen molar-refractivity contribution in [2.45, 2.75) is 12.4 Å². The number of alkyl halides is 3. The molecule has 0 aliphatic carbocycles. The van der Waals surface area contributed by atoms with Crippen molar-refractivity contribution >= 4 is 21.5 Å². The Morgan fingerprint density at radius 2 is 1.58 bits per heavy atom. The maximum atomic E-state index is 12.8. The molecule has 2 aromatic rings. The van der Waals surface area contributed by atoms with E-state index in [1.165, 1.54) is 25.1 Å². The van der Waals surface area contributed by atoms with Crippen LogP contribution in [-0.4, -0.2) is 26.3 Å². The Morgan fingerprint density at radius 3 is 2.12 bits per heavy atom. The van der Waals surface area contributed by atoms with Crippen molar-refractivity contribution in [3.63, 3.8) is 0 Å². The molecule has 128 valence electrons. The quantitative estimate of drug-likeness (QED) is 0.769. The van der Waals surface area contributed by atoms with Gasteiger partial charge in [0.25, 0.3) is 0 Å². The van der Waals surface area contributed by atoms with Gasteiger partial charge in [-0.3, -0.25) is 9.10 Å². The molecule has 8 heteroatoms. The molecule has 0 spiro atoms. The van der Waals surface area contributed by atoms with Crippen LogP contribution in [0.4, 0.5) is 18.9 Å². The smallest absolute Gasteiger partial charge is 0.289 e. The normalized spacial score (nSPS) is 12.0. The fourth-order valence-electron chi connectivity index (χ4n) is 2.17. The van der Waals surface area contributed by atoms with Gasteiger partial charge in [-0.2, -0.15) is 21.6 Å². The van der Waals surface area contributed by atoms with Gasteiger partial charge >= 0.3 is 15.5 Å². The van der Waals surface area contributed by atoms with Gasteiger partial charge in [-0.15, -0.1) is 0 Å². The van der Waals surface area contributed by atoms with E-state index in [1.54, 1.807) is 30.3 Å². The summed E-state index contributed by atoms with van der Waals surface area (Å²) in [6.45, 7) is 0.875. The number of carbonyl (C=O) groups is 1. The summed E-state index contributed by atoms with van der Waals surface area (Å²) in [4.78, 5) is 12.4. The van der Waals surface area contributed by atoms with E-state index >= 15 is 0 Å². The van der Waals surface area contributed by atoms with Gasteiger partial charge in [-0.25, -0.2) is 0 Å². The van der Waals surface area contributed by atoms with Crippen molar-refractivity contribution in [3.8, 4) is 0 Å². The largest absolute Gasteiger partial charge is 0.516 e. The van der Waals surface area contributed by atoms with Gasteiger partial charge in [-0.1, -0.05) is 42.5 Å². The van der Waals surface area contributed by atoms with Gasteiger partial charge in [0.05, 0.1) is 5.69 Å². The average molecular weight is 357 g/mol. The number of halogens is 3. The fraction of sp³-hybridized carbons (Fsp3) is 0.188. The number of hydrogen-bond donors (Lipinski definition) is 0. The molecule has 0 amide bonds. The van der Waals surface area contributed by atoms with E-state index in [4.69, 9.17) is 0 Å². The molecular formula is C16H14F3NO3S. The van der Waals surface area contributed by atoms with E-state index in [-0.39, 0.29) is 15.6 Å². The molecule has 0 unspecified atom stereocenters. The monoisotopic (exact) mass is 357 g/mol. The van der Waals surface area contributed by atoms with Crippen LogP contribution in [0.3, 0.4) is 0 Å². The zero-order valence-corrected chi connectivity index (χ0v) is 13.4. The molecule has 0 aromatic heterocycles. The molecule has 0 bridgehead atoms. The third kappa shape index (κ3) is 3.43. The van der Waals surface area contributed by atoms with Crippen LogP contribution in [0.15, 0.2) is 54.6 Å². The van der Waals surface area contributed by atoms with E-state index in [0.29, 0.717) is 5.56 Å². The van der Waals surface area contributed by atoms with E-state index in [9.17, 15) is 26.4 Å². The summed E-state index contributed by atoms with van der Waals surface area (Å²) < 4.78 is 61.9. The second-order valence-corrected chi connectivity index (χ2v) is 6.71. The Balaban J connectivity index is 2.45. The lowest BCUT2D eigenvalue weighted by Crippen LogP contribution is -2.40. The Kier molecular flexibility index (Phi) is 4.98. The molecule has 0 N–H and O–H groups in total. The topological polar surface area (TPSA) is 54.5 Å². The van der Waals surface area contributed by atoms with Crippen LogP contribution in [0.5, 0.6) is 0 Å². The first-order valence-electron chi connectivity index (χ1n) is 6.97. The first-order valence-corrected chi connectivity index (χ1v) is 8.41. The summed E-state index contributed by atoms with van der Waals surface area (Å²) in [5.74, 6) is -0.405. The fourth-order valence-corrected chi connectivity index (χ4v) is 3.16. The van der Waals surface area contributed by atoms with Gasteiger partial charge in [0.1, 0.15) is 0 Å². The number of nitrogens with zero attached hydrogens (tertiary/aromatic N) is 1. The lowest BCUT2D eigenvalue weighted by molar-refractivity contribution is -0.0438. The minimum absolute atomic E-state index is 0.106. The molecule has 0 atom stereocenters. The lowest BCUT2D eigenvalue weighted by Gasteiger charge is -2.24. The molecule has 0 fully saturated rings. The summed E-state index contributed by atoms with van der Waals surface area (Å²) in [5, 5.41) is 0. The third-order valence-electron chi connectivity index (χ3n) is 3.30. The van der Waals surface area contributed by atoms with Crippen LogP contribution >= 0.6 is 0 Å². The molecule has 2 aromatic carbocycles. The first kappa shape index (κ1) is 18.0. The summed E-state index contributed by atoms with van der Waals surface area (Å²) >= 11 is 0. The predicted octanol–water partition coefficient (Wildman–Crippen LogP) is 3.59. The molecule has 0 saturated carbocycles. The molecule has 0 radical (unpaired) electrons. The highest BCUT2D eigenvalue weighted by atomic mass is 32.2. The lowest BCUT2D eigenvalue weighted by atomic mass is 10.0. The predicted molar refractivity (Wildman–Crippen MR) is 84.3 cm³/mol. The number of hydrogen-bond acceptors (Lipinski definition) is 3. The highest BCUT2D eigenvalue weighted by Gasteiger charge is 2.49. The maximum Gasteiger partial charge on any atom is 0.516 e. The first-order chi connectivity index (χ1) is 11.2. The van der Waals surface area contributed by atoms with Crippen molar-refractivity contribution in [1.82, 2.24) is 0 Å². The number of anilines is 1. The summed E-state index contributed by atoms with van der Waals surface area (Å²) in [5.41, 5.74) is -5.16. The highest BCUT2D eigenvalue weighted by Crippen LogP contribution is 2.31. The van der Waals surface area contributed by atoms with Crippen LogP contribution in [-0.2, 0) is 10.0 Å². The van der Waals surface area contributed by atoms with Crippen LogP contribution in [0.25, 0.3) is 0 Å². The van der Waals surface area contributed by atoms with Gasteiger partial charge in [0.15, 0.2) is 5.78 Å². The van der Waals surface area contributed by atoms with Gasteiger partial charge < -0.3 is 0 Å². The second-order valence-electron chi connectivity index (χ2n) is 4.86. The Hall–Kier alpha value is -2.35. The molecule has 4 nitrogen and oxygen atoms in total. The highest BCUT2D eigenvalue weighted by molar-refractivity contribution is 7.93. The van der Waals surface area contributed by atoms with Crippen molar-refractivity contribution in [1.29, 1.82) is 0 Å². The van der Waals surface area contributed by atoms with Crippen molar-refractivity contribution in [3.05, 3.63) is 65.7 Å². The Labute approximate surface area is 137 Å². The molecule has 0 saturated heterocycles. The average Bonchev–Trinajstić information content (AvgIpc) is 2.54. The number of carbonyl (C=O) groups excluding carboxylic acids is 1. The molecule has 0 aliphatic rings. The van der Waals surface area contributed by atoms with Crippen LogP contribution < -0.4 is 4.31 Å². The SMILES string of the molecule is CCN(c1cccc(C(=O)c2ccccc2)c1)S(=O)(=O)C(F)(F)F. The Bertz CT molecular complexity index is 833. The number of ketones is 1. The molecular weight excluding hydrogens is 343 g/mol. The number of benzene rings is 2.